The number of carbonyl (C=O) groups excluding carboxylic acids is 1. The molecule has 1 aromatic rings. The summed E-state index contributed by atoms with van der Waals surface area (Å²) >= 11 is 1.78. The molecule has 0 aliphatic carbocycles. The Morgan fingerprint density at radius 3 is 2.67 bits per heavy atom. The fourth-order valence-corrected chi connectivity index (χ4v) is 2.08. The van der Waals surface area contributed by atoms with E-state index in [4.69, 9.17) is 0 Å². The van der Waals surface area contributed by atoms with Crippen LogP contribution in [0.25, 0.3) is 0 Å². The third-order valence-corrected chi connectivity index (χ3v) is 3.23. The van der Waals surface area contributed by atoms with E-state index in [2.05, 4.69) is 17.0 Å². The van der Waals surface area contributed by atoms with Gasteiger partial charge in [-0.1, -0.05) is 6.92 Å². The number of methoxy groups -OCH3 is 1. The van der Waals surface area contributed by atoms with Crippen LogP contribution in [0.4, 0.5) is 5.69 Å². The Hall–Kier alpha value is -1.20. The number of aliphatic hydroxyl groups is 1. The first-order valence-electron chi connectivity index (χ1n) is 5.87. The van der Waals surface area contributed by atoms with E-state index < -0.39 is 12.1 Å². The number of thioether (sulfide) groups is 1. The van der Waals surface area contributed by atoms with Crippen LogP contribution in [0.1, 0.15) is 13.3 Å². The second-order valence-corrected chi connectivity index (χ2v) is 5.11. The quantitative estimate of drug-likeness (QED) is 0.586. The summed E-state index contributed by atoms with van der Waals surface area (Å²) in [6.45, 7) is 2.44. The van der Waals surface area contributed by atoms with Crippen LogP contribution in [0.2, 0.25) is 0 Å². The summed E-state index contributed by atoms with van der Waals surface area (Å²) in [5.41, 5.74) is 0.930. The Bertz CT molecular complexity index is 367. The Kier molecular flexibility index (Phi) is 6.60. The molecule has 0 saturated heterocycles. The first kappa shape index (κ1) is 14.9. The summed E-state index contributed by atoms with van der Waals surface area (Å²) in [5, 5.41) is 12.7. The van der Waals surface area contributed by atoms with Crippen LogP contribution >= 0.6 is 11.8 Å². The summed E-state index contributed by atoms with van der Waals surface area (Å²) in [4.78, 5) is 12.2. The summed E-state index contributed by atoms with van der Waals surface area (Å²) in [6.07, 6.45) is -0.727. The number of esters is 1. The zero-order chi connectivity index (χ0) is 13.4. The molecular formula is C13H19NO3S. The molecule has 1 unspecified atom stereocenters. The minimum atomic E-state index is -0.734. The van der Waals surface area contributed by atoms with E-state index >= 15 is 0 Å². The zero-order valence-electron chi connectivity index (χ0n) is 10.7. The Morgan fingerprint density at radius 2 is 2.11 bits per heavy atom. The minimum absolute atomic E-state index is 0.00721. The molecule has 0 amide bonds. The Morgan fingerprint density at radius 1 is 1.44 bits per heavy atom. The van der Waals surface area contributed by atoms with Gasteiger partial charge in [-0.25, -0.2) is 0 Å². The highest BCUT2D eigenvalue weighted by Gasteiger charge is 2.10. The van der Waals surface area contributed by atoms with Gasteiger partial charge in [-0.3, -0.25) is 4.79 Å². The van der Waals surface area contributed by atoms with Crippen molar-refractivity contribution in [3.05, 3.63) is 24.3 Å². The zero-order valence-corrected chi connectivity index (χ0v) is 11.5. The van der Waals surface area contributed by atoms with Crippen LogP contribution in [0.3, 0.4) is 0 Å². The molecule has 0 aromatic heterocycles. The SMILES string of the molecule is CCSc1ccc(NCC(O)CC(=O)OC)cc1. The highest BCUT2D eigenvalue weighted by atomic mass is 32.2. The topological polar surface area (TPSA) is 58.6 Å². The maximum Gasteiger partial charge on any atom is 0.308 e. The number of hydrogen-bond acceptors (Lipinski definition) is 5. The highest BCUT2D eigenvalue weighted by Crippen LogP contribution is 2.19. The third-order valence-electron chi connectivity index (χ3n) is 2.34. The van der Waals surface area contributed by atoms with Gasteiger partial charge >= 0.3 is 5.97 Å². The van der Waals surface area contributed by atoms with Crippen molar-refractivity contribution < 1.29 is 14.6 Å². The number of carbonyl (C=O) groups is 1. The lowest BCUT2D eigenvalue weighted by Crippen LogP contribution is -2.23. The molecule has 2 N–H and O–H groups in total. The number of benzene rings is 1. The standard InChI is InChI=1S/C13H19NO3S/c1-3-18-12-6-4-10(5-7-12)14-9-11(15)8-13(16)17-2/h4-7,11,14-15H,3,8-9H2,1-2H3. The van der Waals surface area contributed by atoms with E-state index in [1.165, 1.54) is 12.0 Å². The lowest BCUT2D eigenvalue weighted by molar-refractivity contribution is -0.142. The van der Waals surface area contributed by atoms with Crippen LogP contribution in [-0.4, -0.2) is 36.6 Å². The molecular weight excluding hydrogens is 250 g/mol. The third kappa shape index (κ3) is 5.42. The first-order valence-corrected chi connectivity index (χ1v) is 6.86. The Balaban J connectivity index is 2.36. The molecule has 0 fully saturated rings. The van der Waals surface area contributed by atoms with Gasteiger partial charge in [0.25, 0.3) is 0 Å². The van der Waals surface area contributed by atoms with E-state index in [9.17, 15) is 9.90 Å². The summed E-state index contributed by atoms with van der Waals surface area (Å²) in [7, 11) is 1.31. The average Bonchev–Trinajstić information content (AvgIpc) is 2.38. The van der Waals surface area contributed by atoms with Crippen molar-refractivity contribution in [2.24, 2.45) is 0 Å². The van der Waals surface area contributed by atoms with Gasteiger partial charge in [0.2, 0.25) is 0 Å². The average molecular weight is 269 g/mol. The number of aliphatic hydroxyl groups excluding tert-OH is 1. The van der Waals surface area contributed by atoms with Crippen LogP contribution in [0.15, 0.2) is 29.2 Å². The number of hydrogen-bond donors (Lipinski definition) is 2. The lowest BCUT2D eigenvalue weighted by atomic mass is 10.2. The summed E-state index contributed by atoms with van der Waals surface area (Å²) in [6, 6.07) is 7.98. The van der Waals surface area contributed by atoms with Crippen molar-refractivity contribution in [3.63, 3.8) is 0 Å². The minimum Gasteiger partial charge on any atom is -0.469 e. The first-order chi connectivity index (χ1) is 8.65. The van der Waals surface area contributed by atoms with Crippen molar-refractivity contribution >= 4 is 23.4 Å². The molecule has 1 aromatic carbocycles. The van der Waals surface area contributed by atoms with Crippen molar-refractivity contribution in [1.29, 1.82) is 0 Å². The normalized spacial score (nSPS) is 11.9. The van der Waals surface area contributed by atoms with Crippen LogP contribution in [0, 0.1) is 0 Å². The van der Waals surface area contributed by atoms with Gasteiger partial charge in [-0.05, 0) is 30.0 Å². The molecule has 0 radical (unpaired) electrons. The molecule has 4 nitrogen and oxygen atoms in total. The summed E-state index contributed by atoms with van der Waals surface area (Å²) in [5.74, 6) is 0.643. The van der Waals surface area contributed by atoms with Crippen LogP contribution in [-0.2, 0) is 9.53 Å². The van der Waals surface area contributed by atoms with E-state index in [0.29, 0.717) is 6.54 Å². The predicted molar refractivity (Wildman–Crippen MR) is 74.0 cm³/mol. The predicted octanol–water partition coefficient (Wildman–Crippen LogP) is 2.13. The number of ether oxygens (including phenoxy) is 1. The number of anilines is 1. The van der Waals surface area contributed by atoms with E-state index in [1.807, 2.05) is 24.3 Å². The molecule has 1 rings (SSSR count). The molecule has 100 valence electrons. The van der Waals surface area contributed by atoms with Crippen molar-refractivity contribution in [2.75, 3.05) is 24.7 Å². The van der Waals surface area contributed by atoms with Crippen LogP contribution < -0.4 is 5.32 Å². The highest BCUT2D eigenvalue weighted by molar-refractivity contribution is 7.99. The Labute approximate surface area is 112 Å². The molecule has 0 bridgehead atoms. The lowest BCUT2D eigenvalue weighted by Gasteiger charge is -2.12. The molecule has 0 aliphatic rings. The van der Waals surface area contributed by atoms with Gasteiger partial charge in [0, 0.05) is 17.1 Å². The summed E-state index contributed by atoms with van der Waals surface area (Å²) < 4.78 is 4.49. The molecule has 0 saturated carbocycles. The van der Waals surface area contributed by atoms with Crippen molar-refractivity contribution in [3.8, 4) is 0 Å². The van der Waals surface area contributed by atoms with Gasteiger partial charge in [0.15, 0.2) is 0 Å². The van der Waals surface area contributed by atoms with E-state index in [-0.39, 0.29) is 6.42 Å². The second-order valence-electron chi connectivity index (χ2n) is 3.77. The van der Waals surface area contributed by atoms with Crippen molar-refractivity contribution in [1.82, 2.24) is 0 Å². The molecule has 0 aliphatic heterocycles. The monoisotopic (exact) mass is 269 g/mol. The fourth-order valence-electron chi connectivity index (χ4n) is 1.42. The largest absolute Gasteiger partial charge is 0.469 e. The van der Waals surface area contributed by atoms with Gasteiger partial charge < -0.3 is 15.2 Å². The molecule has 18 heavy (non-hydrogen) atoms. The molecule has 0 spiro atoms. The second kappa shape index (κ2) is 8.00. The molecule has 5 heteroatoms. The molecule has 1 atom stereocenters. The smallest absolute Gasteiger partial charge is 0.308 e. The maximum atomic E-state index is 10.9. The van der Waals surface area contributed by atoms with E-state index in [1.54, 1.807) is 11.8 Å². The van der Waals surface area contributed by atoms with Gasteiger partial charge in [-0.15, -0.1) is 11.8 Å². The van der Waals surface area contributed by atoms with Gasteiger partial charge in [0.05, 0.1) is 19.6 Å². The fraction of sp³-hybridized carbons (Fsp3) is 0.462. The van der Waals surface area contributed by atoms with Crippen LogP contribution in [0.5, 0.6) is 0 Å². The number of rotatable bonds is 7. The van der Waals surface area contributed by atoms with Crippen molar-refractivity contribution in [2.45, 2.75) is 24.3 Å². The number of nitrogens with one attached hydrogen (secondary N) is 1. The molecule has 0 heterocycles. The maximum absolute atomic E-state index is 10.9. The van der Waals surface area contributed by atoms with Gasteiger partial charge in [-0.2, -0.15) is 0 Å². The van der Waals surface area contributed by atoms with E-state index in [0.717, 1.165) is 11.4 Å². The van der Waals surface area contributed by atoms with Gasteiger partial charge in [0.1, 0.15) is 0 Å².